The van der Waals surface area contributed by atoms with Crippen LogP contribution in [0.3, 0.4) is 0 Å². The number of sulfone groups is 1. The van der Waals surface area contributed by atoms with Crippen molar-refractivity contribution in [3.05, 3.63) is 34.9 Å². The molecule has 100 valence electrons. The van der Waals surface area contributed by atoms with E-state index >= 15 is 0 Å². The van der Waals surface area contributed by atoms with Gasteiger partial charge in [-0.05, 0) is 38.2 Å². The first-order valence-corrected chi connectivity index (χ1v) is 8.21. The number of rotatable bonds is 5. The third-order valence-electron chi connectivity index (χ3n) is 3.34. The molecule has 0 bridgehead atoms. The minimum atomic E-state index is -3.10. The Balaban J connectivity index is 2.06. The molecule has 0 aromatic heterocycles. The highest BCUT2D eigenvalue weighted by Gasteiger charge is 2.31. The zero-order valence-electron chi connectivity index (χ0n) is 11.0. The first kappa shape index (κ1) is 13.6. The molecule has 18 heavy (non-hydrogen) atoms. The Bertz CT molecular complexity index is 512. The van der Waals surface area contributed by atoms with Crippen LogP contribution >= 0.6 is 0 Å². The van der Waals surface area contributed by atoms with Crippen molar-refractivity contribution in [3.8, 4) is 0 Å². The lowest BCUT2D eigenvalue weighted by molar-refractivity contribution is 0.573. The molecule has 2 N–H and O–H groups in total. The quantitative estimate of drug-likeness (QED) is 0.887. The molecule has 1 atom stereocenters. The van der Waals surface area contributed by atoms with Crippen LogP contribution in [0, 0.1) is 19.8 Å². The molecule has 1 aliphatic rings. The van der Waals surface area contributed by atoms with Crippen LogP contribution in [0.4, 0.5) is 0 Å². The molecule has 0 spiro atoms. The van der Waals surface area contributed by atoms with E-state index < -0.39 is 9.84 Å². The lowest BCUT2D eigenvalue weighted by Gasteiger charge is -2.11. The summed E-state index contributed by atoms with van der Waals surface area (Å²) in [6, 6.07) is 5.74. The standard InChI is InChI=1S/C14H21NO2S/c1-10-5-11(2)7-12(6-10)8-18(16,17)9-14(15)13-3-4-13/h5-7,13-14H,3-4,8-9,15H2,1-2H3. The van der Waals surface area contributed by atoms with Gasteiger partial charge in [-0.2, -0.15) is 0 Å². The molecule has 0 radical (unpaired) electrons. The van der Waals surface area contributed by atoms with E-state index in [1.807, 2.05) is 32.0 Å². The van der Waals surface area contributed by atoms with Crippen molar-refractivity contribution < 1.29 is 8.42 Å². The molecule has 0 aliphatic heterocycles. The lowest BCUT2D eigenvalue weighted by atomic mass is 10.1. The number of benzene rings is 1. The average Bonchev–Trinajstić information content (AvgIpc) is 2.95. The summed E-state index contributed by atoms with van der Waals surface area (Å²) in [5.41, 5.74) is 8.98. The maximum atomic E-state index is 12.1. The van der Waals surface area contributed by atoms with Gasteiger partial charge < -0.3 is 5.73 Å². The molecule has 1 aromatic rings. The largest absolute Gasteiger partial charge is 0.327 e. The number of nitrogens with two attached hydrogens (primary N) is 1. The van der Waals surface area contributed by atoms with E-state index in [4.69, 9.17) is 5.73 Å². The van der Waals surface area contributed by atoms with Gasteiger partial charge >= 0.3 is 0 Å². The van der Waals surface area contributed by atoms with Gasteiger partial charge in [0.25, 0.3) is 0 Å². The second-order valence-corrected chi connectivity index (χ2v) is 7.66. The smallest absolute Gasteiger partial charge is 0.155 e. The highest BCUT2D eigenvalue weighted by molar-refractivity contribution is 7.90. The lowest BCUT2D eigenvalue weighted by Crippen LogP contribution is -2.32. The first-order valence-electron chi connectivity index (χ1n) is 6.39. The van der Waals surface area contributed by atoms with Crippen LogP contribution in [0.5, 0.6) is 0 Å². The number of hydrogen-bond acceptors (Lipinski definition) is 3. The van der Waals surface area contributed by atoms with Crippen LogP contribution in [0.25, 0.3) is 0 Å². The molecule has 0 amide bonds. The van der Waals surface area contributed by atoms with Gasteiger partial charge in [-0.15, -0.1) is 0 Å². The van der Waals surface area contributed by atoms with Gasteiger partial charge in [0.15, 0.2) is 9.84 Å². The maximum absolute atomic E-state index is 12.1. The number of hydrogen-bond donors (Lipinski definition) is 1. The van der Waals surface area contributed by atoms with Gasteiger partial charge in [0.1, 0.15) is 0 Å². The Morgan fingerprint density at radius 2 is 1.78 bits per heavy atom. The Morgan fingerprint density at radius 3 is 2.28 bits per heavy atom. The summed E-state index contributed by atoms with van der Waals surface area (Å²) < 4.78 is 24.2. The second-order valence-electron chi connectivity index (χ2n) is 5.55. The molecule has 4 heteroatoms. The summed E-state index contributed by atoms with van der Waals surface area (Å²) >= 11 is 0. The van der Waals surface area contributed by atoms with Gasteiger partial charge in [0.05, 0.1) is 11.5 Å². The SMILES string of the molecule is Cc1cc(C)cc(CS(=O)(=O)CC(N)C2CC2)c1. The second kappa shape index (κ2) is 5.02. The topological polar surface area (TPSA) is 60.2 Å². The predicted molar refractivity (Wildman–Crippen MR) is 74.1 cm³/mol. The van der Waals surface area contributed by atoms with Gasteiger partial charge in [-0.25, -0.2) is 8.42 Å². The normalized spacial score (nSPS) is 17.7. The molecule has 1 saturated carbocycles. The van der Waals surface area contributed by atoms with E-state index in [0.29, 0.717) is 5.92 Å². The van der Waals surface area contributed by atoms with E-state index in [-0.39, 0.29) is 17.5 Å². The molecule has 0 heterocycles. The van der Waals surface area contributed by atoms with Crippen LogP contribution in [0.1, 0.15) is 29.5 Å². The Labute approximate surface area is 109 Å². The van der Waals surface area contributed by atoms with Gasteiger partial charge in [0, 0.05) is 6.04 Å². The molecular weight excluding hydrogens is 246 g/mol. The Hall–Kier alpha value is -0.870. The van der Waals surface area contributed by atoms with E-state index in [2.05, 4.69) is 0 Å². The van der Waals surface area contributed by atoms with Crippen LogP contribution in [-0.2, 0) is 15.6 Å². The summed E-state index contributed by atoms with van der Waals surface area (Å²) in [5.74, 6) is 0.652. The summed E-state index contributed by atoms with van der Waals surface area (Å²) in [6.07, 6.45) is 2.17. The monoisotopic (exact) mass is 267 g/mol. The fraction of sp³-hybridized carbons (Fsp3) is 0.571. The molecule has 1 aromatic carbocycles. The first-order chi connectivity index (χ1) is 8.35. The third-order valence-corrected chi connectivity index (χ3v) is 5.01. The summed E-state index contributed by atoms with van der Waals surface area (Å²) in [6.45, 7) is 3.97. The minimum absolute atomic E-state index is 0.107. The zero-order chi connectivity index (χ0) is 13.3. The van der Waals surface area contributed by atoms with Crippen LogP contribution in [-0.4, -0.2) is 20.2 Å². The van der Waals surface area contributed by atoms with Crippen LogP contribution < -0.4 is 5.73 Å². The van der Waals surface area contributed by atoms with Gasteiger partial charge in [-0.3, -0.25) is 0 Å². The highest BCUT2D eigenvalue weighted by Crippen LogP contribution is 2.32. The van der Waals surface area contributed by atoms with E-state index in [1.54, 1.807) is 0 Å². The van der Waals surface area contributed by atoms with Gasteiger partial charge in [0.2, 0.25) is 0 Å². The van der Waals surface area contributed by atoms with Crippen molar-refractivity contribution in [1.29, 1.82) is 0 Å². The molecule has 2 rings (SSSR count). The summed E-state index contributed by atoms with van der Waals surface area (Å²) in [7, 11) is -3.10. The minimum Gasteiger partial charge on any atom is -0.327 e. The average molecular weight is 267 g/mol. The van der Waals surface area contributed by atoms with Crippen LogP contribution in [0.2, 0.25) is 0 Å². The highest BCUT2D eigenvalue weighted by atomic mass is 32.2. The van der Waals surface area contributed by atoms with Crippen molar-refractivity contribution in [2.24, 2.45) is 11.7 Å². The van der Waals surface area contributed by atoms with E-state index in [9.17, 15) is 8.42 Å². The summed E-state index contributed by atoms with van der Waals surface area (Å²) in [5, 5.41) is 0. The fourth-order valence-electron chi connectivity index (χ4n) is 2.42. The fourth-order valence-corrected chi connectivity index (χ4v) is 4.07. The third kappa shape index (κ3) is 3.82. The van der Waals surface area contributed by atoms with Crippen LogP contribution in [0.15, 0.2) is 18.2 Å². The van der Waals surface area contributed by atoms with Crippen molar-refractivity contribution in [3.63, 3.8) is 0 Å². The van der Waals surface area contributed by atoms with Crippen molar-refractivity contribution in [2.75, 3.05) is 5.75 Å². The Kier molecular flexibility index (Phi) is 3.78. The van der Waals surface area contributed by atoms with Gasteiger partial charge in [-0.1, -0.05) is 29.3 Å². The predicted octanol–water partition coefficient (Wildman–Crippen LogP) is 1.96. The molecular formula is C14H21NO2S. The maximum Gasteiger partial charge on any atom is 0.155 e. The molecule has 1 fully saturated rings. The number of aryl methyl sites for hydroxylation is 2. The molecule has 1 aliphatic carbocycles. The molecule has 1 unspecified atom stereocenters. The van der Waals surface area contributed by atoms with Crippen molar-refractivity contribution in [2.45, 2.75) is 38.5 Å². The van der Waals surface area contributed by atoms with Crippen molar-refractivity contribution in [1.82, 2.24) is 0 Å². The molecule has 3 nitrogen and oxygen atoms in total. The van der Waals surface area contributed by atoms with Crippen molar-refractivity contribution >= 4 is 9.84 Å². The van der Waals surface area contributed by atoms with E-state index in [0.717, 1.165) is 29.5 Å². The Morgan fingerprint density at radius 1 is 1.22 bits per heavy atom. The zero-order valence-corrected chi connectivity index (χ0v) is 11.8. The summed E-state index contributed by atoms with van der Waals surface area (Å²) in [4.78, 5) is 0. The molecule has 0 saturated heterocycles. The van der Waals surface area contributed by atoms with E-state index in [1.165, 1.54) is 0 Å².